The molecule has 2 aromatic heterocycles. The predicted octanol–water partition coefficient (Wildman–Crippen LogP) is 3.64. The quantitative estimate of drug-likeness (QED) is 0.583. The number of hydrogen-bond donors (Lipinski definition) is 1. The fourth-order valence-corrected chi connectivity index (χ4v) is 2.88. The molecule has 0 aliphatic rings. The van der Waals surface area contributed by atoms with E-state index in [-0.39, 0.29) is 0 Å². The van der Waals surface area contributed by atoms with E-state index in [4.69, 9.17) is 4.42 Å². The third-order valence-corrected chi connectivity index (χ3v) is 4.16. The van der Waals surface area contributed by atoms with E-state index in [1.165, 1.54) is 10.8 Å². The van der Waals surface area contributed by atoms with Gasteiger partial charge in [0.1, 0.15) is 0 Å². The maximum Gasteiger partial charge on any atom is 0.315 e. The standard InChI is InChI=1S/C19H19N5O/c1-2-24-17(9-10-21-24)13-20-19-23-22-18(25-19)12-14-7-8-15-5-3-4-6-16(15)11-14/h3-11H,2,12-13H2,1H3,(H,20,23). The van der Waals surface area contributed by atoms with E-state index in [9.17, 15) is 0 Å². The Morgan fingerprint density at radius 3 is 2.80 bits per heavy atom. The highest BCUT2D eigenvalue weighted by atomic mass is 16.4. The second-order valence-electron chi connectivity index (χ2n) is 5.85. The molecule has 0 saturated heterocycles. The van der Waals surface area contributed by atoms with Gasteiger partial charge in [-0.1, -0.05) is 47.6 Å². The molecule has 0 aliphatic heterocycles. The third-order valence-electron chi connectivity index (χ3n) is 4.16. The van der Waals surface area contributed by atoms with Gasteiger partial charge in [0.15, 0.2) is 0 Å². The molecule has 25 heavy (non-hydrogen) atoms. The van der Waals surface area contributed by atoms with Crippen molar-refractivity contribution in [2.45, 2.75) is 26.4 Å². The summed E-state index contributed by atoms with van der Waals surface area (Å²) in [5, 5.41) is 18.0. The highest BCUT2D eigenvalue weighted by Crippen LogP contribution is 2.18. The maximum absolute atomic E-state index is 5.71. The van der Waals surface area contributed by atoms with Crippen LogP contribution in [0.25, 0.3) is 10.8 Å². The van der Waals surface area contributed by atoms with E-state index in [2.05, 4.69) is 57.9 Å². The summed E-state index contributed by atoms with van der Waals surface area (Å²) in [5.41, 5.74) is 2.23. The lowest BCUT2D eigenvalue weighted by atomic mass is 10.1. The average molecular weight is 333 g/mol. The topological polar surface area (TPSA) is 68.8 Å². The molecule has 6 heteroatoms. The van der Waals surface area contributed by atoms with Crippen LogP contribution in [0.2, 0.25) is 0 Å². The lowest BCUT2D eigenvalue weighted by Gasteiger charge is -2.04. The van der Waals surface area contributed by atoms with Gasteiger partial charge in [-0.25, -0.2) is 0 Å². The number of aromatic nitrogens is 4. The van der Waals surface area contributed by atoms with Crippen molar-refractivity contribution in [1.82, 2.24) is 20.0 Å². The van der Waals surface area contributed by atoms with Crippen LogP contribution < -0.4 is 5.32 Å². The van der Waals surface area contributed by atoms with Gasteiger partial charge in [-0.15, -0.1) is 5.10 Å². The fourth-order valence-electron chi connectivity index (χ4n) is 2.88. The van der Waals surface area contributed by atoms with Crippen LogP contribution in [-0.4, -0.2) is 20.0 Å². The van der Waals surface area contributed by atoms with Gasteiger partial charge in [0.2, 0.25) is 5.89 Å². The first-order valence-corrected chi connectivity index (χ1v) is 8.36. The van der Waals surface area contributed by atoms with Crippen LogP contribution >= 0.6 is 0 Å². The molecule has 0 radical (unpaired) electrons. The first kappa shape index (κ1) is 15.4. The molecule has 126 valence electrons. The lowest BCUT2D eigenvalue weighted by Crippen LogP contribution is -2.07. The Hall–Kier alpha value is -3.15. The summed E-state index contributed by atoms with van der Waals surface area (Å²) in [6.07, 6.45) is 2.41. The van der Waals surface area contributed by atoms with E-state index in [0.29, 0.717) is 24.9 Å². The molecule has 2 heterocycles. The molecular formula is C19H19N5O. The number of fused-ring (bicyclic) bond motifs is 1. The molecule has 4 rings (SSSR count). The van der Waals surface area contributed by atoms with Gasteiger partial charge in [-0.3, -0.25) is 4.68 Å². The Bertz CT molecular complexity index is 988. The minimum atomic E-state index is 0.430. The minimum absolute atomic E-state index is 0.430. The molecule has 4 aromatic rings. The summed E-state index contributed by atoms with van der Waals surface area (Å²) in [4.78, 5) is 0. The van der Waals surface area contributed by atoms with Crippen molar-refractivity contribution in [1.29, 1.82) is 0 Å². The summed E-state index contributed by atoms with van der Waals surface area (Å²) >= 11 is 0. The Kier molecular flexibility index (Phi) is 4.16. The van der Waals surface area contributed by atoms with Crippen LogP contribution in [0.5, 0.6) is 0 Å². The van der Waals surface area contributed by atoms with Crippen LogP contribution in [0.3, 0.4) is 0 Å². The summed E-state index contributed by atoms with van der Waals surface area (Å²) in [7, 11) is 0. The fraction of sp³-hybridized carbons (Fsp3) is 0.211. The van der Waals surface area contributed by atoms with E-state index in [1.807, 2.05) is 22.9 Å². The van der Waals surface area contributed by atoms with Gasteiger partial charge >= 0.3 is 6.01 Å². The summed E-state index contributed by atoms with van der Waals surface area (Å²) in [6.45, 7) is 3.50. The Morgan fingerprint density at radius 2 is 1.92 bits per heavy atom. The van der Waals surface area contributed by atoms with Crippen LogP contribution in [-0.2, 0) is 19.5 Å². The largest absolute Gasteiger partial charge is 0.408 e. The zero-order valence-electron chi connectivity index (χ0n) is 14.0. The monoisotopic (exact) mass is 333 g/mol. The van der Waals surface area contributed by atoms with E-state index >= 15 is 0 Å². The van der Waals surface area contributed by atoms with Gasteiger partial charge in [0.25, 0.3) is 0 Å². The molecule has 0 atom stereocenters. The summed E-state index contributed by atoms with van der Waals surface area (Å²) in [6, 6.07) is 17.1. The number of nitrogens with one attached hydrogen (secondary N) is 1. The van der Waals surface area contributed by atoms with Crippen molar-refractivity contribution in [2.75, 3.05) is 5.32 Å². The SMILES string of the molecule is CCn1nccc1CNc1nnc(Cc2ccc3ccccc3c2)o1. The normalized spacial score (nSPS) is 11.1. The van der Waals surface area contributed by atoms with E-state index in [1.54, 1.807) is 6.20 Å². The third kappa shape index (κ3) is 3.38. The molecule has 0 amide bonds. The minimum Gasteiger partial charge on any atom is -0.408 e. The van der Waals surface area contributed by atoms with Crippen molar-refractivity contribution in [3.8, 4) is 0 Å². The molecule has 0 bridgehead atoms. The number of hydrogen-bond acceptors (Lipinski definition) is 5. The van der Waals surface area contributed by atoms with Gasteiger partial charge in [-0.05, 0) is 29.3 Å². The summed E-state index contributed by atoms with van der Waals surface area (Å²) < 4.78 is 7.64. The average Bonchev–Trinajstić information content (AvgIpc) is 3.28. The number of nitrogens with zero attached hydrogens (tertiary/aromatic N) is 4. The number of benzene rings is 2. The van der Waals surface area contributed by atoms with Crippen LogP contribution in [0.1, 0.15) is 24.1 Å². The Balaban J connectivity index is 1.43. The second kappa shape index (κ2) is 6.76. The first-order chi connectivity index (χ1) is 12.3. The molecule has 0 unspecified atom stereocenters. The van der Waals surface area contributed by atoms with Crippen molar-refractivity contribution in [3.05, 3.63) is 71.9 Å². The Labute approximate surface area is 145 Å². The van der Waals surface area contributed by atoms with E-state index in [0.717, 1.165) is 17.8 Å². The number of rotatable bonds is 6. The van der Waals surface area contributed by atoms with Crippen molar-refractivity contribution in [2.24, 2.45) is 0 Å². The van der Waals surface area contributed by atoms with Crippen molar-refractivity contribution in [3.63, 3.8) is 0 Å². The zero-order valence-corrected chi connectivity index (χ0v) is 14.0. The van der Waals surface area contributed by atoms with Crippen molar-refractivity contribution >= 4 is 16.8 Å². The molecule has 2 aromatic carbocycles. The first-order valence-electron chi connectivity index (χ1n) is 8.36. The smallest absolute Gasteiger partial charge is 0.315 e. The van der Waals surface area contributed by atoms with Gasteiger partial charge in [0.05, 0.1) is 18.7 Å². The van der Waals surface area contributed by atoms with Crippen LogP contribution in [0.4, 0.5) is 6.01 Å². The molecule has 0 spiro atoms. The van der Waals surface area contributed by atoms with Crippen molar-refractivity contribution < 1.29 is 4.42 Å². The van der Waals surface area contributed by atoms with Gasteiger partial charge in [0, 0.05) is 12.7 Å². The highest BCUT2D eigenvalue weighted by molar-refractivity contribution is 5.83. The molecule has 0 aliphatic carbocycles. The molecule has 0 fully saturated rings. The van der Waals surface area contributed by atoms with Gasteiger partial charge < -0.3 is 9.73 Å². The Morgan fingerprint density at radius 1 is 1.04 bits per heavy atom. The summed E-state index contributed by atoms with van der Waals surface area (Å²) in [5.74, 6) is 0.599. The molecule has 1 N–H and O–H groups in total. The molecule has 0 saturated carbocycles. The molecule has 6 nitrogen and oxygen atoms in total. The predicted molar refractivity (Wildman–Crippen MR) is 96.3 cm³/mol. The lowest BCUT2D eigenvalue weighted by molar-refractivity contribution is 0.514. The number of aryl methyl sites for hydroxylation is 1. The van der Waals surface area contributed by atoms with Crippen LogP contribution in [0, 0.1) is 0 Å². The van der Waals surface area contributed by atoms with E-state index < -0.39 is 0 Å². The maximum atomic E-state index is 5.71. The van der Waals surface area contributed by atoms with Crippen LogP contribution in [0.15, 0.2) is 59.1 Å². The molecular weight excluding hydrogens is 314 g/mol. The van der Waals surface area contributed by atoms with Gasteiger partial charge in [-0.2, -0.15) is 5.10 Å². The second-order valence-corrected chi connectivity index (χ2v) is 5.85. The number of anilines is 1. The zero-order chi connectivity index (χ0) is 17.1. The highest BCUT2D eigenvalue weighted by Gasteiger charge is 2.08.